The monoisotopic (exact) mass is 262 g/mol. The highest BCUT2D eigenvalue weighted by molar-refractivity contribution is 5.90. The highest BCUT2D eigenvalue weighted by Crippen LogP contribution is 2.27. The summed E-state index contributed by atoms with van der Waals surface area (Å²) in [6.45, 7) is 4.25. The maximum atomic E-state index is 12.4. The Bertz CT molecular complexity index is 448. The molecular weight excluding hydrogens is 240 g/mol. The number of likely N-dealkylation sites (tertiary alicyclic amines) is 1. The lowest BCUT2D eigenvalue weighted by molar-refractivity contribution is 0.188. The number of carbonyl (C=O) groups is 1. The van der Waals surface area contributed by atoms with Crippen LogP contribution < -0.4 is 10.1 Å². The first kappa shape index (κ1) is 13.7. The van der Waals surface area contributed by atoms with E-state index in [9.17, 15) is 4.79 Å². The summed E-state index contributed by atoms with van der Waals surface area (Å²) in [6, 6.07) is 8.12. The minimum Gasteiger partial charge on any atom is -0.497 e. The minimum atomic E-state index is -0.00916. The summed E-state index contributed by atoms with van der Waals surface area (Å²) in [5, 5.41) is 2.96. The van der Waals surface area contributed by atoms with Crippen molar-refractivity contribution in [1.82, 2.24) is 4.90 Å². The molecule has 0 bridgehead atoms. The molecule has 2 rings (SSSR count). The Kier molecular flexibility index (Phi) is 4.30. The Hall–Kier alpha value is -1.71. The number of amides is 2. The summed E-state index contributed by atoms with van der Waals surface area (Å²) < 4.78 is 5.16. The quantitative estimate of drug-likeness (QED) is 0.906. The first-order valence-corrected chi connectivity index (χ1v) is 6.89. The molecule has 0 aliphatic carbocycles. The van der Waals surface area contributed by atoms with Crippen LogP contribution >= 0.6 is 0 Å². The molecule has 0 radical (unpaired) electrons. The lowest BCUT2D eigenvalue weighted by Gasteiger charge is -2.28. The van der Waals surface area contributed by atoms with Crippen LogP contribution in [0.5, 0.6) is 5.75 Å². The number of carbonyl (C=O) groups excluding carboxylic acids is 1. The molecule has 1 aliphatic heterocycles. The molecule has 4 heteroatoms. The van der Waals surface area contributed by atoms with Crippen molar-refractivity contribution in [2.24, 2.45) is 0 Å². The second-order valence-electron chi connectivity index (χ2n) is 5.06. The molecule has 1 aromatic carbocycles. The van der Waals surface area contributed by atoms with Gasteiger partial charge in [0.1, 0.15) is 5.75 Å². The summed E-state index contributed by atoms with van der Waals surface area (Å²) in [6.07, 6.45) is 3.20. The van der Waals surface area contributed by atoms with E-state index in [4.69, 9.17) is 4.74 Å². The van der Waals surface area contributed by atoms with Gasteiger partial charge in [-0.3, -0.25) is 0 Å². The zero-order chi connectivity index (χ0) is 13.8. The number of nitrogens with one attached hydrogen (secondary N) is 1. The second kappa shape index (κ2) is 5.95. The molecule has 4 nitrogen and oxygen atoms in total. The molecule has 2 amide bonds. The fourth-order valence-corrected chi connectivity index (χ4v) is 2.73. The van der Waals surface area contributed by atoms with E-state index in [-0.39, 0.29) is 6.03 Å². The van der Waals surface area contributed by atoms with Crippen LogP contribution in [0.4, 0.5) is 10.5 Å². The lowest BCUT2D eigenvalue weighted by atomic mass is 10.2. The standard InChI is InChI=1S/C15H22N2O2/c1-4-13-9-8-11(2)17(13)15(18)16-12-6-5-7-14(10-12)19-3/h5-7,10-11,13H,4,8-9H2,1-3H3,(H,16,18). The van der Waals surface area contributed by atoms with Crippen molar-refractivity contribution in [3.8, 4) is 5.75 Å². The number of methoxy groups -OCH3 is 1. The maximum Gasteiger partial charge on any atom is 0.322 e. The van der Waals surface area contributed by atoms with Crippen LogP contribution in [0, 0.1) is 0 Å². The predicted octanol–water partition coefficient (Wildman–Crippen LogP) is 3.49. The number of nitrogens with zero attached hydrogens (tertiary/aromatic N) is 1. The molecule has 0 saturated carbocycles. The molecule has 1 saturated heterocycles. The summed E-state index contributed by atoms with van der Waals surface area (Å²) >= 11 is 0. The van der Waals surface area contributed by atoms with Gasteiger partial charge in [0.15, 0.2) is 0 Å². The summed E-state index contributed by atoms with van der Waals surface area (Å²) in [4.78, 5) is 14.3. The van der Waals surface area contributed by atoms with Crippen LogP contribution in [-0.4, -0.2) is 30.1 Å². The zero-order valence-electron chi connectivity index (χ0n) is 11.8. The topological polar surface area (TPSA) is 41.6 Å². The Morgan fingerprint density at radius 1 is 1.47 bits per heavy atom. The van der Waals surface area contributed by atoms with Crippen LogP contribution in [0.25, 0.3) is 0 Å². The van der Waals surface area contributed by atoms with Crippen molar-refractivity contribution in [1.29, 1.82) is 0 Å². The predicted molar refractivity (Wildman–Crippen MR) is 76.6 cm³/mol. The molecule has 1 heterocycles. The summed E-state index contributed by atoms with van der Waals surface area (Å²) in [7, 11) is 1.62. The van der Waals surface area contributed by atoms with E-state index in [0.717, 1.165) is 30.7 Å². The van der Waals surface area contributed by atoms with E-state index < -0.39 is 0 Å². The Balaban J connectivity index is 2.07. The van der Waals surface area contributed by atoms with E-state index in [1.165, 1.54) is 0 Å². The number of rotatable bonds is 3. The maximum absolute atomic E-state index is 12.4. The van der Waals surface area contributed by atoms with Crippen molar-refractivity contribution < 1.29 is 9.53 Å². The van der Waals surface area contributed by atoms with E-state index in [0.29, 0.717) is 12.1 Å². The molecule has 1 N–H and O–H groups in total. The van der Waals surface area contributed by atoms with Gasteiger partial charge in [0.25, 0.3) is 0 Å². The van der Waals surface area contributed by atoms with Gasteiger partial charge in [-0.15, -0.1) is 0 Å². The van der Waals surface area contributed by atoms with Crippen LogP contribution in [0.15, 0.2) is 24.3 Å². The van der Waals surface area contributed by atoms with Gasteiger partial charge in [-0.1, -0.05) is 13.0 Å². The number of anilines is 1. The molecule has 104 valence electrons. The minimum absolute atomic E-state index is 0.00916. The number of urea groups is 1. The normalized spacial score (nSPS) is 22.4. The average molecular weight is 262 g/mol. The van der Waals surface area contributed by atoms with Crippen LogP contribution in [-0.2, 0) is 0 Å². The Labute approximate surface area is 114 Å². The molecule has 0 spiro atoms. The van der Waals surface area contributed by atoms with Crippen molar-refractivity contribution in [2.75, 3.05) is 12.4 Å². The van der Waals surface area contributed by atoms with Gasteiger partial charge in [-0.05, 0) is 38.3 Å². The summed E-state index contributed by atoms with van der Waals surface area (Å²) in [5.74, 6) is 0.749. The zero-order valence-corrected chi connectivity index (χ0v) is 11.8. The SMILES string of the molecule is CCC1CCC(C)N1C(=O)Nc1cccc(OC)c1. The first-order valence-electron chi connectivity index (χ1n) is 6.89. The molecule has 2 unspecified atom stereocenters. The molecule has 2 atom stereocenters. The summed E-state index contributed by atoms with van der Waals surface area (Å²) in [5.41, 5.74) is 0.776. The van der Waals surface area contributed by atoms with Gasteiger partial charge in [0.2, 0.25) is 0 Å². The highest BCUT2D eigenvalue weighted by atomic mass is 16.5. The largest absolute Gasteiger partial charge is 0.497 e. The molecule has 1 aliphatic rings. The fraction of sp³-hybridized carbons (Fsp3) is 0.533. The third-order valence-corrected chi connectivity index (χ3v) is 3.81. The molecule has 19 heavy (non-hydrogen) atoms. The Morgan fingerprint density at radius 3 is 2.95 bits per heavy atom. The molecular formula is C15H22N2O2. The van der Waals surface area contributed by atoms with Gasteiger partial charge < -0.3 is 15.0 Å². The van der Waals surface area contributed by atoms with Crippen LogP contribution in [0.3, 0.4) is 0 Å². The van der Waals surface area contributed by atoms with Crippen molar-refractivity contribution in [3.05, 3.63) is 24.3 Å². The number of hydrogen-bond donors (Lipinski definition) is 1. The number of benzene rings is 1. The van der Waals surface area contributed by atoms with Crippen molar-refractivity contribution in [3.63, 3.8) is 0 Å². The fourth-order valence-electron chi connectivity index (χ4n) is 2.73. The third kappa shape index (κ3) is 3.00. The average Bonchev–Trinajstić information content (AvgIpc) is 2.80. The number of ether oxygens (including phenoxy) is 1. The van der Waals surface area contributed by atoms with Crippen molar-refractivity contribution >= 4 is 11.7 Å². The van der Waals surface area contributed by atoms with Crippen LogP contribution in [0.1, 0.15) is 33.1 Å². The van der Waals surface area contributed by atoms with E-state index >= 15 is 0 Å². The Morgan fingerprint density at radius 2 is 2.26 bits per heavy atom. The van der Waals surface area contributed by atoms with E-state index in [1.807, 2.05) is 29.2 Å². The van der Waals surface area contributed by atoms with Crippen molar-refractivity contribution in [2.45, 2.75) is 45.2 Å². The van der Waals surface area contributed by atoms with Gasteiger partial charge in [0, 0.05) is 23.8 Å². The van der Waals surface area contributed by atoms with Gasteiger partial charge in [-0.25, -0.2) is 4.79 Å². The first-order chi connectivity index (χ1) is 9.15. The van der Waals surface area contributed by atoms with E-state index in [2.05, 4.69) is 19.2 Å². The smallest absolute Gasteiger partial charge is 0.322 e. The molecule has 0 aromatic heterocycles. The van der Waals surface area contributed by atoms with Gasteiger partial charge in [-0.2, -0.15) is 0 Å². The number of hydrogen-bond acceptors (Lipinski definition) is 2. The molecule has 1 aromatic rings. The lowest BCUT2D eigenvalue weighted by Crippen LogP contribution is -2.42. The van der Waals surface area contributed by atoms with Gasteiger partial charge >= 0.3 is 6.03 Å². The van der Waals surface area contributed by atoms with Gasteiger partial charge in [0.05, 0.1) is 7.11 Å². The highest BCUT2D eigenvalue weighted by Gasteiger charge is 2.33. The van der Waals surface area contributed by atoms with E-state index in [1.54, 1.807) is 7.11 Å². The second-order valence-corrected chi connectivity index (χ2v) is 5.06. The molecule has 1 fully saturated rings. The van der Waals surface area contributed by atoms with Crippen LogP contribution in [0.2, 0.25) is 0 Å². The third-order valence-electron chi connectivity index (χ3n) is 3.81.